The van der Waals surface area contributed by atoms with Gasteiger partial charge >= 0.3 is 5.97 Å². The summed E-state index contributed by atoms with van der Waals surface area (Å²) in [4.78, 5) is 9.98. The predicted molar refractivity (Wildman–Crippen MR) is 37.8 cm³/mol. The van der Waals surface area contributed by atoms with E-state index in [0.717, 1.165) is 6.08 Å². The number of carboxylic acid groups (broad SMARTS) is 1. The van der Waals surface area contributed by atoms with Crippen LogP contribution in [-0.2, 0) is 9.53 Å². The van der Waals surface area contributed by atoms with Crippen molar-refractivity contribution in [2.24, 2.45) is 5.92 Å². The molecule has 0 aromatic carbocycles. The van der Waals surface area contributed by atoms with E-state index in [0.29, 0.717) is 6.61 Å². The van der Waals surface area contributed by atoms with E-state index in [1.54, 1.807) is 13.2 Å². The van der Waals surface area contributed by atoms with Gasteiger partial charge in [-0.1, -0.05) is 13.0 Å². The quantitative estimate of drug-likeness (QED) is 0.596. The van der Waals surface area contributed by atoms with Crippen molar-refractivity contribution in [3.8, 4) is 0 Å². The van der Waals surface area contributed by atoms with Gasteiger partial charge in [-0.25, -0.2) is 4.79 Å². The van der Waals surface area contributed by atoms with Gasteiger partial charge in [-0.3, -0.25) is 0 Å². The minimum atomic E-state index is -0.914. The topological polar surface area (TPSA) is 46.5 Å². The van der Waals surface area contributed by atoms with Gasteiger partial charge < -0.3 is 9.84 Å². The zero-order valence-corrected chi connectivity index (χ0v) is 6.20. The van der Waals surface area contributed by atoms with E-state index in [-0.39, 0.29) is 5.92 Å². The first-order valence-electron chi connectivity index (χ1n) is 3.07. The molecule has 0 aliphatic rings. The molecule has 0 heterocycles. The second kappa shape index (κ2) is 4.99. The van der Waals surface area contributed by atoms with Crippen molar-refractivity contribution in [3.05, 3.63) is 12.2 Å². The number of hydrogen-bond donors (Lipinski definition) is 1. The smallest absolute Gasteiger partial charge is 0.327 e. The molecule has 0 aliphatic carbocycles. The van der Waals surface area contributed by atoms with Crippen molar-refractivity contribution in [3.63, 3.8) is 0 Å². The van der Waals surface area contributed by atoms with E-state index >= 15 is 0 Å². The molecule has 1 atom stereocenters. The molecule has 0 bridgehead atoms. The van der Waals surface area contributed by atoms with Crippen LogP contribution in [0.25, 0.3) is 0 Å². The summed E-state index contributed by atoms with van der Waals surface area (Å²) in [6.07, 6.45) is 2.73. The van der Waals surface area contributed by atoms with Crippen molar-refractivity contribution in [2.45, 2.75) is 6.92 Å². The van der Waals surface area contributed by atoms with E-state index < -0.39 is 5.97 Å². The van der Waals surface area contributed by atoms with Crippen molar-refractivity contribution in [1.82, 2.24) is 0 Å². The minimum Gasteiger partial charge on any atom is -0.478 e. The fraction of sp³-hybridized carbons (Fsp3) is 0.571. The van der Waals surface area contributed by atoms with Gasteiger partial charge in [0.2, 0.25) is 0 Å². The van der Waals surface area contributed by atoms with E-state index in [9.17, 15) is 4.79 Å². The third-order valence-corrected chi connectivity index (χ3v) is 0.997. The number of rotatable bonds is 4. The molecule has 0 saturated heterocycles. The molecule has 0 spiro atoms. The van der Waals surface area contributed by atoms with Crippen LogP contribution in [0, 0.1) is 5.92 Å². The van der Waals surface area contributed by atoms with Gasteiger partial charge in [0.1, 0.15) is 0 Å². The first-order chi connectivity index (χ1) is 4.66. The minimum absolute atomic E-state index is 0.168. The SMILES string of the molecule is COCC(C)/C=C/C(=O)O. The van der Waals surface area contributed by atoms with Gasteiger partial charge in [0.15, 0.2) is 0 Å². The van der Waals surface area contributed by atoms with Crippen molar-refractivity contribution in [2.75, 3.05) is 13.7 Å². The van der Waals surface area contributed by atoms with Crippen LogP contribution < -0.4 is 0 Å². The number of aliphatic carboxylic acids is 1. The van der Waals surface area contributed by atoms with Gasteiger partial charge in [0.05, 0.1) is 6.61 Å². The highest BCUT2D eigenvalue weighted by atomic mass is 16.5. The monoisotopic (exact) mass is 144 g/mol. The Labute approximate surface area is 60.3 Å². The molecule has 0 aromatic rings. The maximum Gasteiger partial charge on any atom is 0.327 e. The summed E-state index contributed by atoms with van der Waals surface area (Å²) in [6.45, 7) is 2.45. The molecule has 10 heavy (non-hydrogen) atoms. The molecule has 1 N–H and O–H groups in total. The van der Waals surface area contributed by atoms with Crippen LogP contribution in [0.1, 0.15) is 6.92 Å². The highest BCUT2D eigenvalue weighted by Crippen LogP contribution is 1.95. The molecule has 0 rings (SSSR count). The zero-order chi connectivity index (χ0) is 7.98. The lowest BCUT2D eigenvalue weighted by atomic mass is 10.2. The molecule has 0 aliphatic heterocycles. The Morgan fingerprint density at radius 2 is 2.40 bits per heavy atom. The fourth-order valence-electron chi connectivity index (χ4n) is 0.565. The van der Waals surface area contributed by atoms with Gasteiger partial charge in [-0.15, -0.1) is 0 Å². The Hall–Kier alpha value is -0.830. The van der Waals surface area contributed by atoms with Crippen molar-refractivity contribution < 1.29 is 14.6 Å². The molecular formula is C7H12O3. The van der Waals surface area contributed by atoms with E-state index in [1.165, 1.54) is 0 Å². The molecule has 0 amide bonds. The van der Waals surface area contributed by atoms with Gasteiger partial charge in [-0.2, -0.15) is 0 Å². The lowest BCUT2D eigenvalue weighted by Crippen LogP contribution is -2.00. The second-order valence-electron chi connectivity index (χ2n) is 2.13. The maximum atomic E-state index is 9.98. The van der Waals surface area contributed by atoms with Gasteiger partial charge in [0.25, 0.3) is 0 Å². The zero-order valence-electron chi connectivity index (χ0n) is 6.20. The van der Waals surface area contributed by atoms with Crippen LogP contribution >= 0.6 is 0 Å². The summed E-state index contributed by atoms with van der Waals surface area (Å²) in [5.41, 5.74) is 0. The van der Waals surface area contributed by atoms with Crippen LogP contribution in [0.2, 0.25) is 0 Å². The first kappa shape index (κ1) is 9.17. The Morgan fingerprint density at radius 1 is 1.80 bits per heavy atom. The molecule has 58 valence electrons. The number of carbonyl (C=O) groups is 1. The van der Waals surface area contributed by atoms with Crippen LogP contribution in [0.5, 0.6) is 0 Å². The van der Waals surface area contributed by atoms with Crippen molar-refractivity contribution >= 4 is 5.97 Å². The van der Waals surface area contributed by atoms with E-state index in [1.807, 2.05) is 6.92 Å². The standard InChI is InChI=1S/C7H12O3/c1-6(5-10-2)3-4-7(8)9/h3-4,6H,5H2,1-2H3,(H,8,9)/b4-3+. The summed E-state index contributed by atoms with van der Waals surface area (Å²) in [5, 5.41) is 8.20. The number of hydrogen-bond acceptors (Lipinski definition) is 2. The van der Waals surface area contributed by atoms with Crippen LogP contribution in [-0.4, -0.2) is 24.8 Å². The Balaban J connectivity index is 3.55. The highest BCUT2D eigenvalue weighted by molar-refractivity contribution is 5.79. The summed E-state index contributed by atoms with van der Waals surface area (Å²) in [7, 11) is 1.59. The summed E-state index contributed by atoms with van der Waals surface area (Å²) in [5.74, 6) is -0.746. The molecule has 1 unspecified atom stereocenters. The molecule has 0 fully saturated rings. The van der Waals surface area contributed by atoms with Crippen LogP contribution in [0.15, 0.2) is 12.2 Å². The lowest BCUT2D eigenvalue weighted by Gasteiger charge is -2.01. The van der Waals surface area contributed by atoms with E-state index in [2.05, 4.69) is 0 Å². The molecule has 0 radical (unpaired) electrons. The number of ether oxygens (including phenoxy) is 1. The third-order valence-electron chi connectivity index (χ3n) is 0.997. The average molecular weight is 144 g/mol. The number of carboxylic acids is 1. The largest absolute Gasteiger partial charge is 0.478 e. The summed E-state index contributed by atoms with van der Waals surface area (Å²) in [6, 6.07) is 0. The van der Waals surface area contributed by atoms with Gasteiger partial charge in [0, 0.05) is 13.2 Å². The Bertz CT molecular complexity index is 129. The van der Waals surface area contributed by atoms with Crippen LogP contribution in [0.3, 0.4) is 0 Å². The van der Waals surface area contributed by atoms with Crippen molar-refractivity contribution in [1.29, 1.82) is 0 Å². The summed E-state index contributed by atoms with van der Waals surface area (Å²) < 4.78 is 4.79. The molecule has 0 saturated carbocycles. The van der Waals surface area contributed by atoms with Gasteiger partial charge in [-0.05, 0) is 5.92 Å². The molecule has 0 aromatic heterocycles. The lowest BCUT2D eigenvalue weighted by molar-refractivity contribution is -0.131. The Kier molecular flexibility index (Phi) is 4.58. The third kappa shape index (κ3) is 5.31. The first-order valence-corrected chi connectivity index (χ1v) is 3.07. The normalized spacial score (nSPS) is 13.8. The molecular weight excluding hydrogens is 132 g/mol. The number of methoxy groups -OCH3 is 1. The maximum absolute atomic E-state index is 9.98. The molecule has 3 nitrogen and oxygen atoms in total. The average Bonchev–Trinajstić information content (AvgIpc) is 1.85. The summed E-state index contributed by atoms with van der Waals surface area (Å²) >= 11 is 0. The highest BCUT2D eigenvalue weighted by Gasteiger charge is 1.94. The Morgan fingerprint density at radius 3 is 2.80 bits per heavy atom. The predicted octanol–water partition coefficient (Wildman–Crippen LogP) is 0.910. The van der Waals surface area contributed by atoms with Crippen LogP contribution in [0.4, 0.5) is 0 Å². The van der Waals surface area contributed by atoms with E-state index in [4.69, 9.17) is 9.84 Å². The second-order valence-corrected chi connectivity index (χ2v) is 2.13. The molecule has 3 heteroatoms. The fourth-order valence-corrected chi connectivity index (χ4v) is 0.565.